The van der Waals surface area contributed by atoms with Gasteiger partial charge in [0.15, 0.2) is 0 Å². The highest BCUT2D eigenvalue weighted by Crippen LogP contribution is 2.39. The standard InChI is InChI=1S/C21H24N4O2/c1-24-13-16-10-18(25-6-8-27-9-7-25)4-5-19(16)21(26,14-24)17-3-2-15-12-22-23-20(15)11-17/h2-5,10-12,26H,6-9,13-14H2,1H3,(H,22,23). The quantitative estimate of drug-likeness (QED) is 0.729. The van der Waals surface area contributed by atoms with E-state index in [2.05, 4.69) is 45.2 Å². The molecular formula is C21H24N4O2. The zero-order valence-corrected chi connectivity index (χ0v) is 15.5. The molecule has 6 nitrogen and oxygen atoms in total. The first kappa shape index (κ1) is 16.7. The number of ether oxygens (including phenoxy) is 1. The van der Waals surface area contributed by atoms with E-state index in [1.807, 2.05) is 18.2 Å². The summed E-state index contributed by atoms with van der Waals surface area (Å²) in [5, 5.41) is 19.9. The summed E-state index contributed by atoms with van der Waals surface area (Å²) in [7, 11) is 2.06. The van der Waals surface area contributed by atoms with Crippen molar-refractivity contribution in [1.29, 1.82) is 0 Å². The molecule has 1 fully saturated rings. The second-order valence-electron chi connectivity index (χ2n) is 7.65. The minimum absolute atomic E-state index is 0.566. The molecule has 5 rings (SSSR count). The van der Waals surface area contributed by atoms with Crippen LogP contribution in [0, 0.1) is 0 Å². The molecule has 0 radical (unpaired) electrons. The Balaban J connectivity index is 1.58. The summed E-state index contributed by atoms with van der Waals surface area (Å²) < 4.78 is 5.47. The number of morpholine rings is 1. The van der Waals surface area contributed by atoms with Crippen LogP contribution >= 0.6 is 0 Å². The number of H-pyrrole nitrogens is 1. The Labute approximate surface area is 158 Å². The first-order chi connectivity index (χ1) is 13.1. The normalized spacial score (nSPS) is 23.6. The smallest absolute Gasteiger partial charge is 0.128 e. The number of anilines is 1. The van der Waals surface area contributed by atoms with E-state index in [0.717, 1.165) is 54.9 Å². The minimum Gasteiger partial charge on any atom is -0.379 e. The first-order valence-corrected chi connectivity index (χ1v) is 9.44. The molecule has 6 heteroatoms. The third kappa shape index (κ3) is 2.81. The highest BCUT2D eigenvalue weighted by Gasteiger charge is 2.38. The van der Waals surface area contributed by atoms with Gasteiger partial charge in [0.25, 0.3) is 0 Å². The van der Waals surface area contributed by atoms with E-state index in [1.54, 1.807) is 6.20 Å². The van der Waals surface area contributed by atoms with Crippen LogP contribution in [0.25, 0.3) is 10.9 Å². The van der Waals surface area contributed by atoms with Gasteiger partial charge in [-0.25, -0.2) is 0 Å². The minimum atomic E-state index is -1.04. The number of hydrogen-bond acceptors (Lipinski definition) is 5. The van der Waals surface area contributed by atoms with Crippen molar-refractivity contribution in [3.05, 3.63) is 59.3 Å². The highest BCUT2D eigenvalue weighted by molar-refractivity contribution is 5.79. The fraction of sp³-hybridized carbons (Fsp3) is 0.381. The lowest BCUT2D eigenvalue weighted by Crippen LogP contribution is -2.45. The summed E-state index contributed by atoms with van der Waals surface area (Å²) in [4.78, 5) is 4.54. The van der Waals surface area contributed by atoms with Crippen LogP contribution in [-0.4, -0.2) is 60.1 Å². The fourth-order valence-corrected chi connectivity index (χ4v) is 4.40. The van der Waals surface area contributed by atoms with E-state index in [9.17, 15) is 5.11 Å². The molecule has 140 valence electrons. The average Bonchev–Trinajstić information content (AvgIpc) is 3.16. The van der Waals surface area contributed by atoms with E-state index in [1.165, 1.54) is 11.3 Å². The van der Waals surface area contributed by atoms with Gasteiger partial charge in [-0.15, -0.1) is 0 Å². The molecule has 27 heavy (non-hydrogen) atoms. The van der Waals surface area contributed by atoms with Gasteiger partial charge in [0.05, 0.1) is 24.9 Å². The SMILES string of the molecule is CN1Cc2cc(N3CCOCC3)ccc2C(O)(c2ccc3cn[nH]c3c2)C1. The van der Waals surface area contributed by atoms with E-state index in [-0.39, 0.29) is 0 Å². The van der Waals surface area contributed by atoms with Crippen LogP contribution in [0.4, 0.5) is 5.69 Å². The predicted molar refractivity (Wildman–Crippen MR) is 105 cm³/mol. The summed E-state index contributed by atoms with van der Waals surface area (Å²) in [5.74, 6) is 0. The van der Waals surface area contributed by atoms with Crippen molar-refractivity contribution in [2.75, 3.05) is 44.8 Å². The van der Waals surface area contributed by atoms with Gasteiger partial charge in [-0.05, 0) is 41.9 Å². The molecule has 0 bridgehead atoms. The molecule has 0 amide bonds. The second-order valence-corrected chi connectivity index (χ2v) is 7.65. The Morgan fingerprint density at radius 3 is 2.85 bits per heavy atom. The van der Waals surface area contributed by atoms with Gasteiger partial charge < -0.3 is 14.7 Å². The number of likely N-dealkylation sites (N-methyl/N-ethyl adjacent to an activating group) is 1. The molecule has 1 atom stereocenters. The van der Waals surface area contributed by atoms with Gasteiger partial charge >= 0.3 is 0 Å². The van der Waals surface area contributed by atoms with E-state index >= 15 is 0 Å². The molecule has 3 aromatic rings. The molecule has 2 aliphatic heterocycles. The maximum absolute atomic E-state index is 11.8. The molecule has 2 aliphatic rings. The molecule has 0 spiro atoms. The number of rotatable bonds is 2. The van der Waals surface area contributed by atoms with Crippen molar-refractivity contribution in [2.24, 2.45) is 0 Å². The molecule has 0 saturated carbocycles. The molecule has 2 N–H and O–H groups in total. The van der Waals surface area contributed by atoms with E-state index in [4.69, 9.17) is 4.74 Å². The lowest BCUT2D eigenvalue weighted by Gasteiger charge is -2.40. The van der Waals surface area contributed by atoms with Gasteiger partial charge in [-0.1, -0.05) is 18.2 Å². The Bertz CT molecular complexity index is 979. The molecule has 0 aliphatic carbocycles. The molecule has 1 saturated heterocycles. The van der Waals surface area contributed by atoms with E-state index in [0.29, 0.717) is 6.54 Å². The van der Waals surface area contributed by atoms with Gasteiger partial charge in [-0.3, -0.25) is 10.00 Å². The molecule has 1 unspecified atom stereocenters. The second kappa shape index (κ2) is 6.34. The van der Waals surface area contributed by atoms with Gasteiger partial charge in [0.2, 0.25) is 0 Å². The monoisotopic (exact) mass is 364 g/mol. The molecule has 3 heterocycles. The number of aromatic nitrogens is 2. The van der Waals surface area contributed by atoms with E-state index < -0.39 is 5.60 Å². The van der Waals surface area contributed by atoms with Crippen LogP contribution < -0.4 is 4.90 Å². The summed E-state index contributed by atoms with van der Waals surface area (Å²) in [6.45, 7) is 4.76. The van der Waals surface area contributed by atoms with Crippen LogP contribution in [-0.2, 0) is 16.9 Å². The van der Waals surface area contributed by atoms with Crippen molar-refractivity contribution in [3.8, 4) is 0 Å². The fourth-order valence-electron chi connectivity index (χ4n) is 4.40. The van der Waals surface area contributed by atoms with Crippen molar-refractivity contribution in [3.63, 3.8) is 0 Å². The molecule has 2 aromatic carbocycles. The van der Waals surface area contributed by atoms with Crippen LogP contribution in [0.15, 0.2) is 42.6 Å². The van der Waals surface area contributed by atoms with Crippen molar-refractivity contribution >= 4 is 16.6 Å². The van der Waals surface area contributed by atoms with Gasteiger partial charge in [0.1, 0.15) is 5.60 Å². The third-order valence-electron chi connectivity index (χ3n) is 5.77. The Morgan fingerprint density at radius 2 is 2.00 bits per heavy atom. The number of β-amino-alcohol motifs (C(OH)–C–C–N with tert-alkyl or cyclic N) is 1. The summed E-state index contributed by atoms with van der Waals surface area (Å²) in [6.07, 6.45) is 1.80. The maximum Gasteiger partial charge on any atom is 0.128 e. The van der Waals surface area contributed by atoms with Gasteiger partial charge in [-0.2, -0.15) is 5.10 Å². The number of benzene rings is 2. The topological polar surface area (TPSA) is 64.6 Å². The summed E-state index contributed by atoms with van der Waals surface area (Å²) >= 11 is 0. The Hall–Kier alpha value is -2.41. The zero-order valence-electron chi connectivity index (χ0n) is 15.5. The third-order valence-corrected chi connectivity index (χ3v) is 5.77. The van der Waals surface area contributed by atoms with Crippen LogP contribution in [0.2, 0.25) is 0 Å². The summed E-state index contributed by atoms with van der Waals surface area (Å²) in [5.41, 5.74) is 4.19. The Kier molecular flexibility index (Phi) is 3.93. The Morgan fingerprint density at radius 1 is 1.15 bits per heavy atom. The van der Waals surface area contributed by atoms with Crippen molar-refractivity contribution in [2.45, 2.75) is 12.1 Å². The lowest BCUT2D eigenvalue weighted by atomic mass is 9.80. The molecular weight excluding hydrogens is 340 g/mol. The number of nitrogens with one attached hydrogen (secondary N) is 1. The first-order valence-electron chi connectivity index (χ1n) is 9.44. The van der Waals surface area contributed by atoms with Crippen molar-refractivity contribution in [1.82, 2.24) is 15.1 Å². The number of aliphatic hydroxyl groups is 1. The predicted octanol–water partition coefficient (Wildman–Crippen LogP) is 2.08. The van der Waals surface area contributed by atoms with Crippen LogP contribution in [0.1, 0.15) is 16.7 Å². The number of fused-ring (bicyclic) bond motifs is 2. The van der Waals surface area contributed by atoms with Gasteiger partial charge in [0, 0.05) is 37.3 Å². The highest BCUT2D eigenvalue weighted by atomic mass is 16.5. The van der Waals surface area contributed by atoms with Crippen LogP contribution in [0.3, 0.4) is 0 Å². The largest absolute Gasteiger partial charge is 0.379 e. The van der Waals surface area contributed by atoms with Crippen molar-refractivity contribution < 1.29 is 9.84 Å². The average molecular weight is 364 g/mol. The summed E-state index contributed by atoms with van der Waals surface area (Å²) in [6, 6.07) is 12.5. The number of nitrogens with zero attached hydrogens (tertiary/aromatic N) is 3. The lowest BCUT2D eigenvalue weighted by molar-refractivity contribution is 0.0284. The number of hydrogen-bond donors (Lipinski definition) is 2. The molecule has 1 aromatic heterocycles. The van der Waals surface area contributed by atoms with Crippen LogP contribution in [0.5, 0.6) is 0 Å². The number of aromatic amines is 1. The maximum atomic E-state index is 11.8. The zero-order chi connectivity index (χ0) is 18.4.